The minimum absolute atomic E-state index is 0.393. The Hall–Kier alpha value is -1.20. The van der Waals surface area contributed by atoms with Gasteiger partial charge in [0, 0.05) is 32.0 Å². The molecular formula is C11H17N3OS. The zero-order chi connectivity index (χ0) is 11.8. The molecule has 0 atom stereocenters. The van der Waals surface area contributed by atoms with E-state index in [4.69, 9.17) is 22.7 Å². The van der Waals surface area contributed by atoms with Crippen molar-refractivity contribution in [1.82, 2.24) is 4.98 Å². The summed E-state index contributed by atoms with van der Waals surface area (Å²) in [5.41, 5.74) is 6.37. The van der Waals surface area contributed by atoms with Crippen LogP contribution in [0.2, 0.25) is 0 Å². The lowest BCUT2D eigenvalue weighted by atomic mass is 10.2. The zero-order valence-corrected chi connectivity index (χ0v) is 10.2. The molecule has 3 N–H and O–H groups in total. The third-order valence-corrected chi connectivity index (χ3v) is 2.36. The molecule has 0 aromatic carbocycles. The summed E-state index contributed by atoms with van der Waals surface area (Å²) in [6.45, 7) is 1.67. The smallest absolute Gasteiger partial charge is 0.126 e. The van der Waals surface area contributed by atoms with E-state index in [1.807, 2.05) is 6.07 Å². The minimum Gasteiger partial charge on any atom is -0.389 e. The molecule has 1 heterocycles. The Morgan fingerprint density at radius 1 is 1.56 bits per heavy atom. The Morgan fingerprint density at radius 2 is 2.38 bits per heavy atom. The number of rotatable bonds is 7. The zero-order valence-electron chi connectivity index (χ0n) is 9.40. The van der Waals surface area contributed by atoms with Gasteiger partial charge < -0.3 is 15.8 Å². The number of nitrogens with zero attached hydrogens (tertiary/aromatic N) is 1. The quantitative estimate of drug-likeness (QED) is 0.558. The Bertz CT molecular complexity index is 344. The molecule has 0 amide bonds. The van der Waals surface area contributed by atoms with Crippen molar-refractivity contribution in [2.75, 3.05) is 25.6 Å². The number of hydrogen-bond acceptors (Lipinski definition) is 4. The first-order valence-corrected chi connectivity index (χ1v) is 5.63. The number of hydrogen-bond donors (Lipinski definition) is 2. The topological polar surface area (TPSA) is 60.2 Å². The summed E-state index contributed by atoms with van der Waals surface area (Å²) in [4.78, 5) is 4.58. The fourth-order valence-corrected chi connectivity index (χ4v) is 1.40. The predicted molar refractivity (Wildman–Crippen MR) is 69.7 cm³/mol. The minimum atomic E-state index is 0.393. The summed E-state index contributed by atoms with van der Waals surface area (Å²) in [5, 5.41) is 3.22. The lowest BCUT2D eigenvalue weighted by Crippen LogP contribution is -2.11. The molecule has 1 aromatic rings. The molecule has 0 aliphatic carbocycles. The Morgan fingerprint density at radius 3 is 3.06 bits per heavy atom. The van der Waals surface area contributed by atoms with Crippen LogP contribution in [0.5, 0.6) is 0 Å². The van der Waals surface area contributed by atoms with Gasteiger partial charge in [0.25, 0.3) is 0 Å². The van der Waals surface area contributed by atoms with Crippen LogP contribution in [-0.2, 0) is 4.74 Å². The molecule has 4 nitrogen and oxygen atoms in total. The van der Waals surface area contributed by atoms with Gasteiger partial charge in [-0.3, -0.25) is 0 Å². The molecular weight excluding hydrogens is 222 g/mol. The second-order valence-corrected chi connectivity index (χ2v) is 3.86. The number of unbranched alkanes of at least 4 members (excludes halogenated alkanes) is 1. The third kappa shape index (κ3) is 4.55. The second kappa shape index (κ2) is 7.14. The summed E-state index contributed by atoms with van der Waals surface area (Å²) in [6, 6.07) is 3.66. The highest BCUT2D eigenvalue weighted by atomic mass is 32.1. The molecule has 0 saturated heterocycles. The normalized spacial score (nSPS) is 10.1. The van der Waals surface area contributed by atoms with Crippen LogP contribution in [0, 0.1) is 0 Å². The highest BCUT2D eigenvalue weighted by Crippen LogP contribution is 2.06. The largest absolute Gasteiger partial charge is 0.389 e. The molecule has 0 unspecified atom stereocenters. The number of methoxy groups -OCH3 is 1. The van der Waals surface area contributed by atoms with Gasteiger partial charge in [0.2, 0.25) is 0 Å². The van der Waals surface area contributed by atoms with E-state index in [9.17, 15) is 0 Å². The van der Waals surface area contributed by atoms with Gasteiger partial charge in [-0.05, 0) is 25.0 Å². The van der Waals surface area contributed by atoms with Gasteiger partial charge in [-0.25, -0.2) is 4.98 Å². The maximum absolute atomic E-state index is 5.54. The van der Waals surface area contributed by atoms with Crippen LogP contribution < -0.4 is 11.1 Å². The fraction of sp³-hybridized carbons (Fsp3) is 0.455. The van der Waals surface area contributed by atoms with Crippen LogP contribution in [0.25, 0.3) is 0 Å². The van der Waals surface area contributed by atoms with Crippen molar-refractivity contribution in [3.63, 3.8) is 0 Å². The lowest BCUT2D eigenvalue weighted by Gasteiger charge is -2.06. The number of anilines is 1. The predicted octanol–water partition coefficient (Wildman–Crippen LogP) is 1.55. The molecule has 5 heteroatoms. The van der Waals surface area contributed by atoms with E-state index in [1.165, 1.54) is 0 Å². The van der Waals surface area contributed by atoms with Crippen LogP contribution in [0.4, 0.5) is 5.82 Å². The highest BCUT2D eigenvalue weighted by molar-refractivity contribution is 7.80. The highest BCUT2D eigenvalue weighted by Gasteiger charge is 1.98. The fourth-order valence-electron chi connectivity index (χ4n) is 1.27. The van der Waals surface area contributed by atoms with Crippen molar-refractivity contribution in [3.05, 3.63) is 23.9 Å². The summed E-state index contributed by atoms with van der Waals surface area (Å²) < 4.78 is 4.97. The van der Waals surface area contributed by atoms with Crippen molar-refractivity contribution >= 4 is 23.0 Å². The van der Waals surface area contributed by atoms with Crippen molar-refractivity contribution in [3.8, 4) is 0 Å². The summed E-state index contributed by atoms with van der Waals surface area (Å²) in [7, 11) is 1.71. The van der Waals surface area contributed by atoms with E-state index in [0.29, 0.717) is 4.99 Å². The van der Waals surface area contributed by atoms with Gasteiger partial charge in [-0.1, -0.05) is 12.2 Å². The van der Waals surface area contributed by atoms with Gasteiger partial charge in [-0.2, -0.15) is 0 Å². The Labute approximate surface area is 101 Å². The first-order chi connectivity index (χ1) is 7.74. The lowest BCUT2D eigenvalue weighted by molar-refractivity contribution is 0.194. The van der Waals surface area contributed by atoms with Crippen LogP contribution in [-0.4, -0.2) is 30.2 Å². The second-order valence-electron chi connectivity index (χ2n) is 3.42. The van der Waals surface area contributed by atoms with Crippen LogP contribution in [0.15, 0.2) is 18.3 Å². The first-order valence-electron chi connectivity index (χ1n) is 5.22. The molecule has 1 rings (SSSR count). The molecule has 16 heavy (non-hydrogen) atoms. The number of nitrogens with two attached hydrogens (primary N) is 1. The van der Waals surface area contributed by atoms with Gasteiger partial charge in [0.1, 0.15) is 10.8 Å². The van der Waals surface area contributed by atoms with Crippen LogP contribution in [0.1, 0.15) is 18.4 Å². The maximum Gasteiger partial charge on any atom is 0.126 e. The van der Waals surface area contributed by atoms with E-state index in [-0.39, 0.29) is 0 Å². The van der Waals surface area contributed by atoms with Gasteiger partial charge in [0.05, 0.1) is 0 Å². The average Bonchev–Trinajstić information content (AvgIpc) is 2.29. The Balaban J connectivity index is 2.36. The molecule has 0 radical (unpaired) electrons. The standard InChI is InChI=1S/C11H17N3OS/c1-15-7-3-2-5-13-10-8-9(11(12)16)4-6-14-10/h4,6,8H,2-3,5,7H2,1H3,(H2,12,16)(H,13,14). The van der Waals surface area contributed by atoms with Gasteiger partial charge in [0.15, 0.2) is 0 Å². The first kappa shape index (κ1) is 12.9. The monoisotopic (exact) mass is 239 g/mol. The van der Waals surface area contributed by atoms with Crippen LogP contribution in [0.3, 0.4) is 0 Å². The van der Waals surface area contributed by atoms with Crippen molar-refractivity contribution in [1.29, 1.82) is 0 Å². The molecule has 1 aromatic heterocycles. The summed E-state index contributed by atoms with van der Waals surface area (Å²) in [5.74, 6) is 0.808. The number of pyridine rings is 1. The average molecular weight is 239 g/mol. The van der Waals surface area contributed by atoms with Gasteiger partial charge in [-0.15, -0.1) is 0 Å². The summed E-state index contributed by atoms with van der Waals surface area (Å²) in [6.07, 6.45) is 3.79. The van der Waals surface area contributed by atoms with Crippen LogP contribution >= 0.6 is 12.2 Å². The molecule has 0 aliphatic rings. The van der Waals surface area contributed by atoms with E-state index in [2.05, 4.69) is 10.3 Å². The molecule has 0 aliphatic heterocycles. The number of nitrogens with one attached hydrogen (secondary N) is 1. The van der Waals surface area contributed by atoms with E-state index >= 15 is 0 Å². The molecule has 0 fully saturated rings. The van der Waals surface area contributed by atoms with E-state index < -0.39 is 0 Å². The molecule has 88 valence electrons. The molecule has 0 saturated carbocycles. The maximum atomic E-state index is 5.54. The number of thiocarbonyl (C=S) groups is 1. The van der Waals surface area contributed by atoms with E-state index in [0.717, 1.165) is 37.4 Å². The van der Waals surface area contributed by atoms with Crippen molar-refractivity contribution in [2.45, 2.75) is 12.8 Å². The van der Waals surface area contributed by atoms with Gasteiger partial charge >= 0.3 is 0 Å². The molecule has 0 bridgehead atoms. The third-order valence-electron chi connectivity index (χ3n) is 2.13. The SMILES string of the molecule is COCCCCNc1cc(C(N)=S)ccn1. The number of aromatic nitrogens is 1. The summed E-state index contributed by atoms with van der Waals surface area (Å²) >= 11 is 4.90. The number of ether oxygens (including phenoxy) is 1. The molecule has 0 spiro atoms. The Kier molecular flexibility index (Phi) is 5.74. The van der Waals surface area contributed by atoms with Crippen molar-refractivity contribution in [2.24, 2.45) is 5.73 Å². The van der Waals surface area contributed by atoms with E-state index in [1.54, 1.807) is 19.4 Å². The van der Waals surface area contributed by atoms with Crippen molar-refractivity contribution < 1.29 is 4.74 Å².